The van der Waals surface area contributed by atoms with Crippen LogP contribution in [0.25, 0.3) is 0 Å². The lowest BCUT2D eigenvalue weighted by molar-refractivity contribution is -0.124. The first kappa shape index (κ1) is 16.1. The average molecular weight is 284 g/mol. The van der Waals surface area contributed by atoms with E-state index in [2.05, 4.69) is 10.6 Å². The van der Waals surface area contributed by atoms with Gasteiger partial charge >= 0.3 is 0 Å². The van der Waals surface area contributed by atoms with E-state index >= 15 is 0 Å². The summed E-state index contributed by atoms with van der Waals surface area (Å²) in [5.41, 5.74) is 0.144. The number of carbonyl (C=O) groups is 2. The molecule has 4 nitrogen and oxygen atoms in total. The molecule has 0 atom stereocenters. The van der Waals surface area contributed by atoms with Crippen LogP contribution in [-0.2, 0) is 9.59 Å². The second kappa shape index (κ2) is 7.57. The lowest BCUT2D eigenvalue weighted by Crippen LogP contribution is -2.32. The van der Waals surface area contributed by atoms with Gasteiger partial charge in [-0.25, -0.2) is 8.78 Å². The van der Waals surface area contributed by atoms with E-state index in [9.17, 15) is 18.4 Å². The van der Waals surface area contributed by atoms with Gasteiger partial charge in [-0.1, -0.05) is 13.8 Å². The van der Waals surface area contributed by atoms with Crippen molar-refractivity contribution in [1.29, 1.82) is 0 Å². The molecule has 0 radical (unpaired) electrons. The number of nitrogens with one attached hydrogen (secondary N) is 2. The molecule has 0 aromatic heterocycles. The third-order valence-corrected chi connectivity index (χ3v) is 2.60. The van der Waals surface area contributed by atoms with Gasteiger partial charge in [-0.3, -0.25) is 9.59 Å². The number of hydrogen-bond acceptors (Lipinski definition) is 2. The highest BCUT2D eigenvalue weighted by Gasteiger charge is 2.08. The van der Waals surface area contributed by atoms with Gasteiger partial charge in [0.05, 0.1) is 6.54 Å². The Morgan fingerprint density at radius 3 is 2.45 bits per heavy atom. The summed E-state index contributed by atoms with van der Waals surface area (Å²) in [6.45, 7) is 3.81. The second-order valence-corrected chi connectivity index (χ2v) is 4.89. The van der Waals surface area contributed by atoms with Gasteiger partial charge in [0, 0.05) is 18.2 Å². The number of anilines is 1. The second-order valence-electron chi connectivity index (χ2n) is 4.89. The first-order valence-electron chi connectivity index (χ1n) is 6.40. The van der Waals surface area contributed by atoms with Gasteiger partial charge in [-0.2, -0.15) is 0 Å². The molecule has 2 N–H and O–H groups in total. The van der Waals surface area contributed by atoms with E-state index in [1.54, 1.807) is 0 Å². The molecule has 0 bridgehead atoms. The summed E-state index contributed by atoms with van der Waals surface area (Å²) in [5, 5.41) is 4.84. The summed E-state index contributed by atoms with van der Waals surface area (Å²) in [6.07, 6.45) is 1.10. The lowest BCUT2D eigenvalue weighted by Gasteiger charge is -2.08. The third-order valence-electron chi connectivity index (χ3n) is 2.60. The number of benzene rings is 1. The Kier molecular flexibility index (Phi) is 6.09. The Balaban J connectivity index is 2.36. The van der Waals surface area contributed by atoms with Crippen LogP contribution in [0.3, 0.4) is 0 Å². The maximum atomic E-state index is 12.9. The quantitative estimate of drug-likeness (QED) is 0.843. The molecule has 2 amide bonds. The van der Waals surface area contributed by atoms with Crippen molar-refractivity contribution >= 4 is 17.5 Å². The van der Waals surface area contributed by atoms with Crippen molar-refractivity contribution in [1.82, 2.24) is 5.32 Å². The van der Waals surface area contributed by atoms with Crippen LogP contribution in [0, 0.1) is 17.6 Å². The molecule has 0 aliphatic rings. The molecule has 1 aromatic rings. The molecule has 110 valence electrons. The summed E-state index contributed by atoms with van der Waals surface area (Å²) in [5.74, 6) is -2.31. The van der Waals surface area contributed by atoms with E-state index < -0.39 is 17.5 Å². The highest BCUT2D eigenvalue weighted by Crippen LogP contribution is 2.12. The fourth-order valence-corrected chi connectivity index (χ4v) is 1.47. The van der Waals surface area contributed by atoms with Gasteiger partial charge in [0.15, 0.2) is 11.6 Å². The minimum absolute atomic E-state index is 0.144. The van der Waals surface area contributed by atoms with Gasteiger partial charge in [0.2, 0.25) is 11.8 Å². The molecule has 0 aliphatic carbocycles. The Hall–Kier alpha value is -1.98. The van der Waals surface area contributed by atoms with Crippen molar-refractivity contribution in [2.24, 2.45) is 5.92 Å². The molecule has 1 rings (SSSR count). The molecule has 0 aliphatic heterocycles. The SMILES string of the molecule is CC(C)CCC(=O)NCC(=O)Nc1ccc(F)c(F)c1. The van der Waals surface area contributed by atoms with E-state index in [1.807, 2.05) is 13.8 Å². The van der Waals surface area contributed by atoms with Gasteiger partial charge in [0.25, 0.3) is 0 Å². The smallest absolute Gasteiger partial charge is 0.243 e. The highest BCUT2D eigenvalue weighted by molar-refractivity contribution is 5.94. The van der Waals surface area contributed by atoms with Crippen LogP contribution in [-0.4, -0.2) is 18.4 Å². The summed E-state index contributed by atoms with van der Waals surface area (Å²) in [4.78, 5) is 22.9. The van der Waals surface area contributed by atoms with Gasteiger partial charge in [-0.05, 0) is 24.5 Å². The van der Waals surface area contributed by atoms with E-state index in [4.69, 9.17) is 0 Å². The Labute approximate surface area is 116 Å². The number of amides is 2. The van der Waals surface area contributed by atoms with Crippen molar-refractivity contribution in [2.75, 3.05) is 11.9 Å². The van der Waals surface area contributed by atoms with Crippen molar-refractivity contribution in [3.8, 4) is 0 Å². The number of rotatable bonds is 6. The maximum absolute atomic E-state index is 12.9. The highest BCUT2D eigenvalue weighted by atomic mass is 19.2. The van der Waals surface area contributed by atoms with Crippen LogP contribution in [0.4, 0.5) is 14.5 Å². The largest absolute Gasteiger partial charge is 0.347 e. The van der Waals surface area contributed by atoms with E-state index in [0.717, 1.165) is 18.6 Å². The summed E-state index contributed by atoms with van der Waals surface area (Å²) < 4.78 is 25.6. The summed E-state index contributed by atoms with van der Waals surface area (Å²) >= 11 is 0. The maximum Gasteiger partial charge on any atom is 0.243 e. The van der Waals surface area contributed by atoms with Crippen molar-refractivity contribution in [3.05, 3.63) is 29.8 Å². The first-order chi connectivity index (χ1) is 9.38. The zero-order chi connectivity index (χ0) is 15.1. The van der Waals surface area contributed by atoms with Crippen LogP contribution in [0.5, 0.6) is 0 Å². The fourth-order valence-electron chi connectivity index (χ4n) is 1.47. The van der Waals surface area contributed by atoms with Crippen molar-refractivity contribution < 1.29 is 18.4 Å². The number of hydrogen-bond donors (Lipinski definition) is 2. The van der Waals surface area contributed by atoms with Crippen LogP contribution in [0.2, 0.25) is 0 Å². The van der Waals surface area contributed by atoms with Crippen LogP contribution < -0.4 is 10.6 Å². The predicted molar refractivity (Wildman–Crippen MR) is 72.1 cm³/mol. The number of halogens is 2. The van der Waals surface area contributed by atoms with Crippen LogP contribution in [0.15, 0.2) is 18.2 Å². The Morgan fingerprint density at radius 1 is 1.15 bits per heavy atom. The fraction of sp³-hybridized carbons (Fsp3) is 0.429. The molecule has 1 aromatic carbocycles. The molecule has 0 heterocycles. The van der Waals surface area contributed by atoms with Crippen LogP contribution >= 0.6 is 0 Å². The average Bonchev–Trinajstić information content (AvgIpc) is 2.38. The van der Waals surface area contributed by atoms with E-state index in [1.165, 1.54) is 6.07 Å². The molecular weight excluding hydrogens is 266 g/mol. The molecule has 0 saturated carbocycles. The normalized spacial score (nSPS) is 10.4. The molecule has 0 unspecified atom stereocenters. The Morgan fingerprint density at radius 2 is 1.85 bits per heavy atom. The van der Waals surface area contributed by atoms with E-state index in [-0.39, 0.29) is 18.1 Å². The van der Waals surface area contributed by atoms with Gasteiger partial charge in [-0.15, -0.1) is 0 Å². The lowest BCUT2D eigenvalue weighted by atomic mass is 10.1. The predicted octanol–water partition coefficient (Wildman–Crippen LogP) is 2.46. The monoisotopic (exact) mass is 284 g/mol. The standard InChI is InChI=1S/C14H18F2N2O2/c1-9(2)3-6-13(19)17-8-14(20)18-10-4-5-11(15)12(16)7-10/h4-5,7,9H,3,6,8H2,1-2H3,(H,17,19)(H,18,20). The molecule has 6 heteroatoms. The van der Waals surface area contributed by atoms with E-state index in [0.29, 0.717) is 12.3 Å². The van der Waals surface area contributed by atoms with Crippen molar-refractivity contribution in [2.45, 2.75) is 26.7 Å². The zero-order valence-corrected chi connectivity index (χ0v) is 11.5. The minimum atomic E-state index is -1.04. The summed E-state index contributed by atoms with van der Waals surface area (Å²) in [6, 6.07) is 3.05. The zero-order valence-electron chi connectivity index (χ0n) is 11.5. The first-order valence-corrected chi connectivity index (χ1v) is 6.40. The van der Waals surface area contributed by atoms with Crippen molar-refractivity contribution in [3.63, 3.8) is 0 Å². The molecular formula is C14H18F2N2O2. The topological polar surface area (TPSA) is 58.2 Å². The van der Waals surface area contributed by atoms with Crippen LogP contribution in [0.1, 0.15) is 26.7 Å². The minimum Gasteiger partial charge on any atom is -0.347 e. The van der Waals surface area contributed by atoms with Gasteiger partial charge < -0.3 is 10.6 Å². The Bertz CT molecular complexity index is 490. The molecule has 20 heavy (non-hydrogen) atoms. The molecule has 0 spiro atoms. The molecule has 0 saturated heterocycles. The van der Waals surface area contributed by atoms with Gasteiger partial charge in [0.1, 0.15) is 0 Å². The third kappa shape index (κ3) is 5.77. The summed E-state index contributed by atoms with van der Waals surface area (Å²) in [7, 11) is 0. The molecule has 0 fully saturated rings. The number of carbonyl (C=O) groups excluding carboxylic acids is 2.